The van der Waals surface area contributed by atoms with Gasteiger partial charge in [-0.15, -0.1) is 5.11 Å². The third-order valence-corrected chi connectivity index (χ3v) is 6.23. The van der Waals surface area contributed by atoms with Gasteiger partial charge in [0.25, 0.3) is 5.91 Å². The van der Waals surface area contributed by atoms with Crippen molar-refractivity contribution < 1.29 is 9.59 Å². The summed E-state index contributed by atoms with van der Waals surface area (Å²) in [7, 11) is 0. The summed E-state index contributed by atoms with van der Waals surface area (Å²) >= 11 is 11.9. The summed E-state index contributed by atoms with van der Waals surface area (Å²) in [6.07, 6.45) is -0.438. The fraction of sp³-hybridized carbons (Fsp3) is 0.0333. The van der Waals surface area contributed by atoms with E-state index >= 15 is 0 Å². The predicted molar refractivity (Wildman–Crippen MR) is 154 cm³/mol. The molecule has 39 heavy (non-hydrogen) atoms. The molecule has 0 fully saturated rings. The number of carbonyl (C=O) groups excluding carboxylic acids is 2. The molecule has 1 amide bonds. The summed E-state index contributed by atoms with van der Waals surface area (Å²) in [6, 6.07) is 32.2. The van der Waals surface area contributed by atoms with E-state index in [1.165, 1.54) is 4.68 Å². The molecule has 7 nitrogen and oxygen atoms in total. The van der Waals surface area contributed by atoms with Crippen LogP contribution >= 0.6 is 23.2 Å². The van der Waals surface area contributed by atoms with Crippen molar-refractivity contribution in [3.05, 3.63) is 119 Å². The highest BCUT2D eigenvalue weighted by Gasteiger charge is 2.25. The Kier molecular flexibility index (Phi) is 7.91. The molecule has 0 saturated heterocycles. The molecule has 4 aromatic carbocycles. The van der Waals surface area contributed by atoms with E-state index in [1.54, 1.807) is 48.5 Å². The van der Waals surface area contributed by atoms with Crippen LogP contribution in [0.15, 0.2) is 119 Å². The van der Waals surface area contributed by atoms with Gasteiger partial charge in [-0.05, 0) is 48.5 Å². The maximum Gasteiger partial charge on any atom is 0.256 e. The number of halogens is 2. The minimum atomic E-state index is -0.523. The molecule has 0 unspecified atom stereocenters. The third kappa shape index (κ3) is 6.29. The number of azo groups is 1. The molecule has 192 valence electrons. The molecule has 0 aliphatic heterocycles. The maximum atomic E-state index is 13.5. The van der Waals surface area contributed by atoms with Crippen molar-refractivity contribution in [2.45, 2.75) is 6.42 Å². The van der Waals surface area contributed by atoms with Gasteiger partial charge in [0.15, 0.2) is 0 Å². The zero-order valence-corrected chi connectivity index (χ0v) is 22.0. The Labute approximate surface area is 234 Å². The Bertz CT molecular complexity index is 1630. The lowest BCUT2D eigenvalue weighted by Crippen LogP contribution is -2.22. The number of carbonyl (C=O) groups is 2. The number of anilines is 1. The number of rotatable bonds is 7. The van der Waals surface area contributed by atoms with Crippen LogP contribution in [0.3, 0.4) is 0 Å². The minimum Gasteiger partial charge on any atom is -0.326 e. The van der Waals surface area contributed by atoms with Gasteiger partial charge in [0.2, 0.25) is 5.91 Å². The topological polar surface area (TPSA) is 88.7 Å². The highest BCUT2D eigenvalue weighted by molar-refractivity contribution is 6.31. The molecule has 0 aliphatic rings. The average molecular weight is 554 g/mol. The molecule has 0 aliphatic carbocycles. The van der Waals surface area contributed by atoms with Crippen LogP contribution in [-0.2, 0) is 4.79 Å². The lowest BCUT2D eigenvalue weighted by atomic mass is 10.1. The lowest BCUT2D eigenvalue weighted by molar-refractivity contribution is -0.115. The summed E-state index contributed by atoms with van der Waals surface area (Å²) in [6.45, 7) is 0. The summed E-state index contributed by atoms with van der Waals surface area (Å²) in [4.78, 5) is 26.3. The van der Waals surface area contributed by atoms with Gasteiger partial charge in [-0.25, -0.2) is 0 Å². The first kappa shape index (κ1) is 26.0. The van der Waals surface area contributed by atoms with Crippen LogP contribution in [0.5, 0.6) is 0 Å². The van der Waals surface area contributed by atoms with Gasteiger partial charge in [0, 0.05) is 26.9 Å². The van der Waals surface area contributed by atoms with Crippen LogP contribution in [0, 0.1) is 0 Å². The summed E-state index contributed by atoms with van der Waals surface area (Å²) in [5.74, 6) is -1.01. The Balaban J connectivity index is 1.58. The number of benzene rings is 4. The van der Waals surface area contributed by atoms with Crippen molar-refractivity contribution in [3.8, 4) is 22.5 Å². The molecule has 9 heteroatoms. The standard InChI is InChI=1S/C30H21Cl2N5O2/c31-22-11-15-24(16-12-22)33-26(38)19-27(39)37-30(21-9-5-2-6-10-21)29(28(36-37)20-7-3-1-4-8-20)35-34-25-17-13-23(32)14-18-25/h1-18H,19H2,(H,33,38). The zero-order chi connectivity index (χ0) is 27.2. The molecule has 1 heterocycles. The minimum absolute atomic E-state index is 0.397. The highest BCUT2D eigenvalue weighted by Crippen LogP contribution is 2.40. The van der Waals surface area contributed by atoms with Crippen LogP contribution < -0.4 is 5.32 Å². The Hall–Kier alpha value is -4.59. The van der Waals surface area contributed by atoms with Gasteiger partial charge in [-0.1, -0.05) is 83.9 Å². The molecule has 0 bridgehead atoms. The predicted octanol–water partition coefficient (Wildman–Crippen LogP) is 8.61. The Morgan fingerprint density at radius 1 is 0.718 bits per heavy atom. The van der Waals surface area contributed by atoms with Gasteiger partial charge < -0.3 is 5.32 Å². The SMILES string of the molecule is O=C(CC(=O)n1nc(-c2ccccc2)c(N=Nc2ccc(Cl)cc2)c1-c1ccccc1)Nc1ccc(Cl)cc1. The molecule has 5 rings (SSSR count). The second-order valence-corrected chi connectivity index (χ2v) is 9.36. The molecule has 0 saturated carbocycles. The summed E-state index contributed by atoms with van der Waals surface area (Å²) < 4.78 is 1.23. The Morgan fingerprint density at radius 2 is 1.28 bits per heavy atom. The van der Waals surface area contributed by atoms with Crippen LogP contribution in [0.25, 0.3) is 22.5 Å². The van der Waals surface area contributed by atoms with Crippen molar-refractivity contribution in [3.63, 3.8) is 0 Å². The molecule has 1 N–H and O–H groups in total. The molecule has 0 atom stereocenters. The monoisotopic (exact) mass is 553 g/mol. The van der Waals surface area contributed by atoms with Crippen LogP contribution in [0.2, 0.25) is 10.0 Å². The van der Waals surface area contributed by atoms with E-state index in [-0.39, 0.29) is 0 Å². The van der Waals surface area contributed by atoms with Gasteiger partial charge >= 0.3 is 0 Å². The van der Waals surface area contributed by atoms with Crippen LogP contribution in [-0.4, -0.2) is 21.6 Å². The van der Waals surface area contributed by atoms with E-state index < -0.39 is 18.2 Å². The number of hydrogen-bond donors (Lipinski definition) is 1. The highest BCUT2D eigenvalue weighted by atomic mass is 35.5. The number of amides is 1. The van der Waals surface area contributed by atoms with E-state index in [4.69, 9.17) is 23.2 Å². The maximum absolute atomic E-state index is 13.5. The van der Waals surface area contributed by atoms with Crippen LogP contribution in [0.1, 0.15) is 11.2 Å². The van der Waals surface area contributed by atoms with Gasteiger partial charge in [-0.3, -0.25) is 9.59 Å². The molecule has 5 aromatic rings. The second-order valence-electron chi connectivity index (χ2n) is 8.49. The summed E-state index contributed by atoms with van der Waals surface area (Å²) in [5, 5.41) is 17.4. The van der Waals surface area contributed by atoms with Gasteiger partial charge in [0.1, 0.15) is 23.5 Å². The van der Waals surface area contributed by atoms with E-state index in [0.29, 0.717) is 44.1 Å². The molecule has 1 aromatic heterocycles. The largest absolute Gasteiger partial charge is 0.326 e. The molecular formula is C30H21Cl2N5O2. The first-order valence-corrected chi connectivity index (χ1v) is 12.7. The molecule has 0 spiro atoms. The van der Waals surface area contributed by atoms with E-state index in [1.807, 2.05) is 60.7 Å². The van der Waals surface area contributed by atoms with Crippen molar-refractivity contribution in [2.75, 3.05) is 5.32 Å². The van der Waals surface area contributed by atoms with Gasteiger partial charge in [0.05, 0.1) is 5.69 Å². The smallest absolute Gasteiger partial charge is 0.256 e. The third-order valence-electron chi connectivity index (χ3n) is 5.72. The fourth-order valence-corrected chi connectivity index (χ4v) is 4.15. The van der Waals surface area contributed by atoms with E-state index in [0.717, 1.165) is 5.56 Å². The first-order chi connectivity index (χ1) is 19.0. The average Bonchev–Trinajstić information content (AvgIpc) is 3.34. The quantitative estimate of drug-likeness (QED) is 0.161. The summed E-state index contributed by atoms with van der Waals surface area (Å²) in [5.41, 5.74) is 3.84. The first-order valence-electron chi connectivity index (χ1n) is 12.0. The van der Waals surface area contributed by atoms with Crippen molar-refractivity contribution >= 4 is 52.1 Å². The van der Waals surface area contributed by atoms with Crippen molar-refractivity contribution in [2.24, 2.45) is 10.2 Å². The van der Waals surface area contributed by atoms with E-state index in [2.05, 4.69) is 20.6 Å². The number of aromatic nitrogens is 2. The molecule has 0 radical (unpaired) electrons. The van der Waals surface area contributed by atoms with Crippen molar-refractivity contribution in [1.82, 2.24) is 9.78 Å². The second kappa shape index (κ2) is 11.9. The Morgan fingerprint density at radius 3 is 1.90 bits per heavy atom. The fourth-order valence-electron chi connectivity index (χ4n) is 3.90. The van der Waals surface area contributed by atoms with Crippen LogP contribution in [0.4, 0.5) is 17.1 Å². The van der Waals surface area contributed by atoms with Gasteiger partial charge in [-0.2, -0.15) is 14.9 Å². The number of nitrogens with one attached hydrogen (secondary N) is 1. The molecular weight excluding hydrogens is 533 g/mol. The lowest BCUT2D eigenvalue weighted by Gasteiger charge is -2.08. The zero-order valence-electron chi connectivity index (χ0n) is 20.5. The number of nitrogens with zero attached hydrogens (tertiary/aromatic N) is 4. The number of hydrogen-bond acceptors (Lipinski definition) is 5. The normalized spacial score (nSPS) is 11.0. The van der Waals surface area contributed by atoms with E-state index in [9.17, 15) is 9.59 Å². The van der Waals surface area contributed by atoms with Crippen molar-refractivity contribution in [1.29, 1.82) is 0 Å².